The summed E-state index contributed by atoms with van der Waals surface area (Å²) in [6.45, 7) is -0.126. The highest BCUT2D eigenvalue weighted by atomic mass is 19.3. The Hall–Kier alpha value is -3.75. The molecular weight excluding hydrogens is 384 g/mol. The molecule has 0 bridgehead atoms. The van der Waals surface area contributed by atoms with Gasteiger partial charge in [0.15, 0.2) is 5.69 Å². The molecule has 0 radical (unpaired) electrons. The zero-order valence-electron chi connectivity index (χ0n) is 14.9. The van der Waals surface area contributed by atoms with Crippen LogP contribution in [0.15, 0.2) is 65.2 Å². The molecule has 7 nitrogen and oxygen atoms in total. The molecule has 9 heteroatoms. The number of ether oxygens (including phenoxy) is 1. The first-order valence-corrected chi connectivity index (χ1v) is 8.69. The van der Waals surface area contributed by atoms with Crippen LogP contribution in [-0.4, -0.2) is 29.6 Å². The predicted octanol–water partition coefficient (Wildman–Crippen LogP) is 2.94. The number of rotatable bonds is 4. The van der Waals surface area contributed by atoms with Crippen LogP contribution in [0.4, 0.5) is 14.5 Å². The number of amides is 2. The second-order valence-electron chi connectivity index (χ2n) is 6.34. The maximum absolute atomic E-state index is 14.5. The lowest BCUT2D eigenvalue weighted by molar-refractivity contribution is -0.118. The molecule has 1 aliphatic rings. The lowest BCUT2D eigenvalue weighted by Crippen LogP contribution is -2.46. The summed E-state index contributed by atoms with van der Waals surface area (Å²) in [4.78, 5) is 24.7. The second-order valence-corrected chi connectivity index (χ2v) is 6.34. The first kappa shape index (κ1) is 18.6. The molecule has 1 unspecified atom stereocenters. The summed E-state index contributed by atoms with van der Waals surface area (Å²) in [6, 6.07) is 13.7. The molecule has 1 aromatic heterocycles. The van der Waals surface area contributed by atoms with Gasteiger partial charge >= 0.3 is 5.92 Å². The number of halogens is 2. The third-order valence-corrected chi connectivity index (χ3v) is 4.36. The van der Waals surface area contributed by atoms with Gasteiger partial charge in [0.25, 0.3) is 11.8 Å². The summed E-state index contributed by atoms with van der Waals surface area (Å²) in [5.74, 6) is -5.11. The number of carbonyl (C=O) groups is 2. The number of alkyl halides is 2. The molecule has 148 valence electrons. The van der Waals surface area contributed by atoms with E-state index in [0.29, 0.717) is 11.4 Å². The average Bonchev–Trinajstić information content (AvgIpc) is 3.18. The number of hydrogen-bond acceptors (Lipinski definition) is 5. The summed E-state index contributed by atoms with van der Waals surface area (Å²) < 4.78 is 39.3. The average molecular weight is 399 g/mol. The van der Waals surface area contributed by atoms with Crippen LogP contribution in [0.5, 0.6) is 5.75 Å². The maximum Gasteiger partial charge on any atom is 0.332 e. The van der Waals surface area contributed by atoms with Crippen molar-refractivity contribution in [3.63, 3.8) is 0 Å². The Morgan fingerprint density at radius 2 is 1.86 bits per heavy atom. The number of benzene rings is 2. The van der Waals surface area contributed by atoms with Crippen molar-refractivity contribution in [1.29, 1.82) is 0 Å². The molecule has 0 aliphatic carbocycles. The quantitative estimate of drug-likeness (QED) is 0.704. The van der Waals surface area contributed by atoms with Crippen molar-refractivity contribution in [2.45, 2.75) is 12.0 Å². The number of hydrogen-bond donors (Lipinski definition) is 2. The molecule has 1 atom stereocenters. The second kappa shape index (κ2) is 7.34. The smallest absolute Gasteiger partial charge is 0.332 e. The predicted molar refractivity (Wildman–Crippen MR) is 97.8 cm³/mol. The van der Waals surface area contributed by atoms with Gasteiger partial charge < -0.3 is 19.9 Å². The molecule has 2 heterocycles. The van der Waals surface area contributed by atoms with E-state index in [1.807, 2.05) is 0 Å². The molecule has 0 spiro atoms. The van der Waals surface area contributed by atoms with Gasteiger partial charge in [-0.2, -0.15) is 8.78 Å². The van der Waals surface area contributed by atoms with Gasteiger partial charge in [-0.1, -0.05) is 47.6 Å². The van der Waals surface area contributed by atoms with Gasteiger partial charge in [0.05, 0.1) is 5.69 Å². The molecule has 2 amide bonds. The fraction of sp³-hybridized carbons (Fsp3) is 0.150. The van der Waals surface area contributed by atoms with E-state index in [1.54, 1.807) is 30.3 Å². The Labute approximate surface area is 163 Å². The Balaban J connectivity index is 1.48. The lowest BCUT2D eigenvalue weighted by atomic mass is 10.1. The largest absolute Gasteiger partial charge is 0.489 e. The fourth-order valence-corrected chi connectivity index (χ4v) is 2.82. The monoisotopic (exact) mass is 399 g/mol. The highest BCUT2D eigenvalue weighted by Crippen LogP contribution is 2.35. The van der Waals surface area contributed by atoms with E-state index in [0.717, 1.165) is 6.07 Å². The normalized spacial score (nSPS) is 16.2. The van der Waals surface area contributed by atoms with Crippen molar-refractivity contribution in [2.24, 2.45) is 0 Å². The van der Waals surface area contributed by atoms with Crippen molar-refractivity contribution < 1.29 is 27.6 Å². The highest BCUT2D eigenvalue weighted by Gasteiger charge is 2.39. The summed E-state index contributed by atoms with van der Waals surface area (Å²) in [6.07, 6.45) is 0. The number of nitrogens with zero attached hydrogens (tertiary/aromatic N) is 1. The van der Waals surface area contributed by atoms with E-state index in [9.17, 15) is 18.4 Å². The molecule has 0 saturated carbocycles. The topological polar surface area (TPSA) is 93.5 Å². The molecular formula is C20H15F2N3O4. The summed E-state index contributed by atoms with van der Waals surface area (Å²) in [5, 5.41) is 8.48. The van der Waals surface area contributed by atoms with Crippen molar-refractivity contribution in [3.8, 4) is 5.75 Å². The van der Waals surface area contributed by atoms with Gasteiger partial charge in [-0.25, -0.2) is 0 Å². The Morgan fingerprint density at radius 1 is 1.14 bits per heavy atom. The van der Waals surface area contributed by atoms with Crippen LogP contribution in [-0.2, 0) is 10.7 Å². The Morgan fingerprint density at radius 3 is 2.66 bits per heavy atom. The molecule has 0 saturated heterocycles. The minimum Gasteiger partial charge on any atom is -0.489 e. The SMILES string of the molecule is O=C(NC1COc2ccccc2NC1=O)c1cc(C(F)(F)c2ccccc2)on1. The van der Waals surface area contributed by atoms with E-state index in [-0.39, 0.29) is 17.9 Å². The number of para-hydroxylation sites is 2. The molecule has 0 fully saturated rings. The van der Waals surface area contributed by atoms with E-state index in [4.69, 9.17) is 9.26 Å². The molecule has 3 aromatic rings. The van der Waals surface area contributed by atoms with Gasteiger partial charge in [0, 0.05) is 11.6 Å². The van der Waals surface area contributed by atoms with Crippen molar-refractivity contribution in [1.82, 2.24) is 10.5 Å². The Kier molecular flexibility index (Phi) is 4.71. The summed E-state index contributed by atoms with van der Waals surface area (Å²) in [5.41, 5.74) is -0.192. The van der Waals surface area contributed by atoms with Crippen molar-refractivity contribution in [2.75, 3.05) is 11.9 Å². The summed E-state index contributed by atoms with van der Waals surface area (Å²) in [7, 11) is 0. The summed E-state index contributed by atoms with van der Waals surface area (Å²) >= 11 is 0. The zero-order chi connectivity index (χ0) is 20.4. The van der Waals surface area contributed by atoms with Gasteiger partial charge in [-0.3, -0.25) is 9.59 Å². The van der Waals surface area contributed by atoms with Gasteiger partial charge in [0.1, 0.15) is 18.4 Å². The number of aromatic nitrogens is 1. The molecule has 4 rings (SSSR count). The van der Waals surface area contributed by atoms with Gasteiger partial charge in [-0.05, 0) is 12.1 Å². The van der Waals surface area contributed by atoms with E-state index >= 15 is 0 Å². The van der Waals surface area contributed by atoms with Crippen LogP contribution in [0.25, 0.3) is 0 Å². The van der Waals surface area contributed by atoms with Crippen molar-refractivity contribution >= 4 is 17.5 Å². The third-order valence-electron chi connectivity index (χ3n) is 4.36. The van der Waals surface area contributed by atoms with Gasteiger partial charge in [-0.15, -0.1) is 0 Å². The Bertz CT molecular complexity index is 1050. The minimum absolute atomic E-state index is 0.126. The van der Waals surface area contributed by atoms with E-state index in [1.165, 1.54) is 24.3 Å². The fourth-order valence-electron chi connectivity index (χ4n) is 2.82. The zero-order valence-corrected chi connectivity index (χ0v) is 14.9. The van der Waals surface area contributed by atoms with Crippen LogP contribution in [0.3, 0.4) is 0 Å². The van der Waals surface area contributed by atoms with Crippen LogP contribution in [0.1, 0.15) is 21.8 Å². The number of anilines is 1. The molecule has 29 heavy (non-hydrogen) atoms. The number of nitrogens with one attached hydrogen (secondary N) is 2. The van der Waals surface area contributed by atoms with Crippen LogP contribution in [0, 0.1) is 0 Å². The van der Waals surface area contributed by atoms with E-state index in [2.05, 4.69) is 15.8 Å². The van der Waals surface area contributed by atoms with E-state index < -0.39 is 29.5 Å². The number of carbonyl (C=O) groups excluding carboxylic acids is 2. The standard InChI is InChI=1S/C20H15F2N3O4/c21-20(22,12-6-2-1-3-7-12)17-10-14(25-29-17)18(26)24-15-11-28-16-9-5-4-8-13(16)23-19(15)27/h1-10,15H,11H2,(H,23,27)(H,24,26). The first-order chi connectivity index (χ1) is 13.9. The third kappa shape index (κ3) is 3.66. The molecule has 1 aliphatic heterocycles. The van der Waals surface area contributed by atoms with Gasteiger partial charge in [0.2, 0.25) is 5.76 Å². The van der Waals surface area contributed by atoms with Crippen LogP contribution >= 0.6 is 0 Å². The minimum atomic E-state index is -3.46. The maximum atomic E-state index is 14.5. The van der Waals surface area contributed by atoms with Crippen LogP contribution < -0.4 is 15.4 Å². The highest BCUT2D eigenvalue weighted by molar-refractivity contribution is 6.01. The molecule has 2 N–H and O–H groups in total. The van der Waals surface area contributed by atoms with Crippen molar-refractivity contribution in [3.05, 3.63) is 77.7 Å². The first-order valence-electron chi connectivity index (χ1n) is 8.69. The van der Waals surface area contributed by atoms with Crippen LogP contribution in [0.2, 0.25) is 0 Å². The number of fused-ring (bicyclic) bond motifs is 1. The molecule has 2 aromatic carbocycles. The lowest BCUT2D eigenvalue weighted by Gasteiger charge is -2.13.